The van der Waals surface area contributed by atoms with Crippen LogP contribution in [0.1, 0.15) is 20.3 Å². The molecule has 0 radical (unpaired) electrons. The smallest absolute Gasteiger partial charge is 0.304 e. The Bertz CT molecular complexity index is 127. The van der Waals surface area contributed by atoms with Crippen molar-refractivity contribution < 1.29 is 15.0 Å². The van der Waals surface area contributed by atoms with Gasteiger partial charge in [0.15, 0.2) is 0 Å². The Morgan fingerprint density at radius 2 is 2.00 bits per heavy atom. The SMILES string of the molecule is CC(CO)NC(C)CC(=O)O. The van der Waals surface area contributed by atoms with Gasteiger partial charge in [-0.2, -0.15) is 0 Å². The topological polar surface area (TPSA) is 69.6 Å². The fourth-order valence-electron chi connectivity index (χ4n) is 0.859. The first kappa shape index (κ1) is 10.4. The van der Waals surface area contributed by atoms with Crippen molar-refractivity contribution in [1.29, 1.82) is 0 Å². The molecule has 66 valence electrons. The molecule has 0 rings (SSSR count). The highest BCUT2D eigenvalue weighted by molar-refractivity contribution is 5.67. The van der Waals surface area contributed by atoms with E-state index in [1.54, 1.807) is 13.8 Å². The first-order valence-corrected chi connectivity index (χ1v) is 3.65. The molecule has 11 heavy (non-hydrogen) atoms. The number of hydrogen-bond acceptors (Lipinski definition) is 3. The summed E-state index contributed by atoms with van der Waals surface area (Å²) in [6.45, 7) is 3.61. The minimum absolute atomic E-state index is 0.0317. The lowest BCUT2D eigenvalue weighted by Gasteiger charge is -2.15. The molecule has 2 unspecified atom stereocenters. The van der Waals surface area contributed by atoms with E-state index in [0.29, 0.717) is 0 Å². The number of carboxylic acids is 1. The second kappa shape index (κ2) is 5.09. The second-order valence-electron chi connectivity index (χ2n) is 2.75. The molecule has 0 heterocycles. The molecule has 0 saturated heterocycles. The maximum absolute atomic E-state index is 10.2. The Balaban J connectivity index is 3.51. The zero-order valence-electron chi connectivity index (χ0n) is 6.87. The van der Waals surface area contributed by atoms with Gasteiger partial charge < -0.3 is 15.5 Å². The monoisotopic (exact) mass is 161 g/mol. The normalized spacial score (nSPS) is 15.9. The Morgan fingerprint density at radius 1 is 1.45 bits per heavy atom. The minimum Gasteiger partial charge on any atom is -0.481 e. The number of aliphatic carboxylic acids is 1. The lowest BCUT2D eigenvalue weighted by atomic mass is 10.2. The number of hydrogen-bond donors (Lipinski definition) is 3. The molecule has 4 heteroatoms. The quantitative estimate of drug-likeness (QED) is 0.523. The Morgan fingerprint density at radius 3 is 2.36 bits per heavy atom. The van der Waals surface area contributed by atoms with E-state index in [1.807, 2.05) is 0 Å². The number of nitrogens with one attached hydrogen (secondary N) is 1. The molecular weight excluding hydrogens is 146 g/mol. The molecule has 0 saturated carbocycles. The zero-order valence-corrected chi connectivity index (χ0v) is 6.87. The minimum atomic E-state index is -0.824. The standard InChI is InChI=1S/C7H15NO3/c1-5(3-7(10)11)8-6(2)4-9/h5-6,8-9H,3-4H2,1-2H3,(H,10,11). The first-order chi connectivity index (χ1) is 5.06. The van der Waals surface area contributed by atoms with Gasteiger partial charge in [-0.3, -0.25) is 4.79 Å². The Kier molecular flexibility index (Phi) is 4.81. The zero-order chi connectivity index (χ0) is 8.85. The fourth-order valence-corrected chi connectivity index (χ4v) is 0.859. The number of carbonyl (C=O) groups is 1. The van der Waals surface area contributed by atoms with Gasteiger partial charge in [0.1, 0.15) is 0 Å². The lowest BCUT2D eigenvalue weighted by molar-refractivity contribution is -0.137. The van der Waals surface area contributed by atoms with Gasteiger partial charge in [-0.25, -0.2) is 0 Å². The van der Waals surface area contributed by atoms with Crippen LogP contribution in [0.15, 0.2) is 0 Å². The molecule has 0 aliphatic heterocycles. The van der Waals surface area contributed by atoms with Crippen LogP contribution in [-0.2, 0) is 4.79 Å². The fraction of sp³-hybridized carbons (Fsp3) is 0.857. The van der Waals surface area contributed by atoms with Crippen LogP contribution in [0, 0.1) is 0 Å². The van der Waals surface area contributed by atoms with Crippen molar-refractivity contribution in [1.82, 2.24) is 5.32 Å². The predicted molar refractivity (Wildman–Crippen MR) is 41.4 cm³/mol. The molecule has 0 aromatic carbocycles. The largest absolute Gasteiger partial charge is 0.481 e. The van der Waals surface area contributed by atoms with E-state index >= 15 is 0 Å². The summed E-state index contributed by atoms with van der Waals surface area (Å²) in [5.41, 5.74) is 0. The van der Waals surface area contributed by atoms with Crippen LogP contribution < -0.4 is 5.32 Å². The van der Waals surface area contributed by atoms with Crippen molar-refractivity contribution in [2.45, 2.75) is 32.4 Å². The summed E-state index contributed by atoms with van der Waals surface area (Å²) in [6, 6.07) is -0.126. The van der Waals surface area contributed by atoms with Gasteiger partial charge in [0.05, 0.1) is 13.0 Å². The van der Waals surface area contributed by atoms with Crippen LogP contribution in [0.3, 0.4) is 0 Å². The molecule has 0 fully saturated rings. The summed E-state index contributed by atoms with van der Waals surface area (Å²) < 4.78 is 0. The molecule has 4 nitrogen and oxygen atoms in total. The summed E-state index contributed by atoms with van der Waals surface area (Å²) >= 11 is 0. The molecule has 0 aromatic rings. The van der Waals surface area contributed by atoms with E-state index in [0.717, 1.165) is 0 Å². The number of carboxylic acid groups (broad SMARTS) is 1. The molecule has 0 aliphatic rings. The van der Waals surface area contributed by atoms with E-state index in [1.165, 1.54) is 0 Å². The van der Waals surface area contributed by atoms with Crippen LogP contribution in [0.4, 0.5) is 0 Å². The van der Waals surface area contributed by atoms with Crippen molar-refractivity contribution in [2.75, 3.05) is 6.61 Å². The summed E-state index contributed by atoms with van der Waals surface area (Å²) in [6.07, 6.45) is 0.0876. The summed E-state index contributed by atoms with van der Waals surface area (Å²) in [4.78, 5) is 10.2. The van der Waals surface area contributed by atoms with Crippen LogP contribution in [0.2, 0.25) is 0 Å². The third kappa shape index (κ3) is 5.82. The van der Waals surface area contributed by atoms with Gasteiger partial charge in [-0.1, -0.05) is 0 Å². The molecule has 0 aliphatic carbocycles. The molecule has 3 N–H and O–H groups in total. The number of rotatable bonds is 5. The number of aliphatic hydroxyl groups is 1. The van der Waals surface area contributed by atoms with Gasteiger partial charge in [-0.15, -0.1) is 0 Å². The average molecular weight is 161 g/mol. The molecule has 0 bridgehead atoms. The van der Waals surface area contributed by atoms with Crippen molar-refractivity contribution in [3.05, 3.63) is 0 Å². The van der Waals surface area contributed by atoms with Crippen LogP contribution in [0.5, 0.6) is 0 Å². The molecule has 0 amide bonds. The van der Waals surface area contributed by atoms with Crippen molar-refractivity contribution >= 4 is 5.97 Å². The van der Waals surface area contributed by atoms with Gasteiger partial charge in [0, 0.05) is 12.1 Å². The average Bonchev–Trinajstić information content (AvgIpc) is 1.85. The van der Waals surface area contributed by atoms with Crippen molar-refractivity contribution in [2.24, 2.45) is 0 Å². The number of aliphatic hydroxyl groups excluding tert-OH is 1. The first-order valence-electron chi connectivity index (χ1n) is 3.65. The third-order valence-electron chi connectivity index (χ3n) is 1.32. The maximum Gasteiger partial charge on any atom is 0.304 e. The van der Waals surface area contributed by atoms with E-state index in [-0.39, 0.29) is 25.1 Å². The van der Waals surface area contributed by atoms with Gasteiger partial charge in [-0.05, 0) is 13.8 Å². The highest BCUT2D eigenvalue weighted by Crippen LogP contribution is 1.92. The molecule has 0 aromatic heterocycles. The maximum atomic E-state index is 10.2. The van der Waals surface area contributed by atoms with E-state index in [9.17, 15) is 4.79 Å². The molecule has 0 spiro atoms. The molecule has 2 atom stereocenters. The summed E-state index contributed by atoms with van der Waals surface area (Å²) in [7, 11) is 0. The van der Waals surface area contributed by atoms with Crippen LogP contribution >= 0.6 is 0 Å². The van der Waals surface area contributed by atoms with Gasteiger partial charge in [0.25, 0.3) is 0 Å². The highest BCUT2D eigenvalue weighted by atomic mass is 16.4. The van der Waals surface area contributed by atoms with Crippen LogP contribution in [0.25, 0.3) is 0 Å². The van der Waals surface area contributed by atoms with Crippen molar-refractivity contribution in [3.8, 4) is 0 Å². The van der Waals surface area contributed by atoms with Crippen LogP contribution in [-0.4, -0.2) is 34.9 Å². The Hall–Kier alpha value is -0.610. The summed E-state index contributed by atoms with van der Waals surface area (Å²) in [5.74, 6) is -0.824. The predicted octanol–water partition coefficient (Wildman–Crippen LogP) is -0.180. The van der Waals surface area contributed by atoms with Crippen molar-refractivity contribution in [3.63, 3.8) is 0 Å². The van der Waals surface area contributed by atoms with E-state index in [4.69, 9.17) is 10.2 Å². The lowest BCUT2D eigenvalue weighted by Crippen LogP contribution is -2.37. The third-order valence-corrected chi connectivity index (χ3v) is 1.32. The summed E-state index contributed by atoms with van der Waals surface area (Å²) in [5, 5.41) is 19.9. The van der Waals surface area contributed by atoms with Gasteiger partial charge >= 0.3 is 5.97 Å². The highest BCUT2D eigenvalue weighted by Gasteiger charge is 2.09. The van der Waals surface area contributed by atoms with E-state index in [2.05, 4.69) is 5.32 Å². The van der Waals surface area contributed by atoms with E-state index < -0.39 is 5.97 Å². The molecular formula is C7H15NO3. The Labute approximate surface area is 66.2 Å². The van der Waals surface area contributed by atoms with Gasteiger partial charge in [0.2, 0.25) is 0 Å². The second-order valence-corrected chi connectivity index (χ2v) is 2.75.